The van der Waals surface area contributed by atoms with E-state index in [4.69, 9.17) is 4.74 Å². The Bertz CT molecular complexity index is 350. The molecule has 0 radical (unpaired) electrons. The summed E-state index contributed by atoms with van der Waals surface area (Å²) in [7, 11) is 0. The normalized spacial score (nSPS) is 13.5. The largest absolute Gasteiger partial charge is 0.389 e. The summed E-state index contributed by atoms with van der Waals surface area (Å²) in [5, 5.41) is 13.0. The molecule has 1 unspecified atom stereocenters. The molecule has 3 nitrogen and oxygen atoms in total. The number of hydrogen-bond donors (Lipinski definition) is 2. The maximum atomic E-state index is 9.77. The number of anilines is 1. The van der Waals surface area contributed by atoms with Crippen molar-refractivity contribution >= 4 is 28.3 Å². The molecule has 1 atom stereocenters. The molecule has 2 N–H and O–H groups in total. The molecule has 1 aromatic carbocycles. The Morgan fingerprint density at radius 2 is 2.00 bits per heavy atom. The van der Waals surface area contributed by atoms with Crippen LogP contribution >= 0.6 is 22.6 Å². The van der Waals surface area contributed by atoms with Gasteiger partial charge in [-0.15, -0.1) is 0 Å². The number of halogens is 1. The SMILES string of the molecule is CC(C)(C)OCC(O)CNc1ccccc1I. The minimum atomic E-state index is -0.495. The van der Waals surface area contributed by atoms with Crippen molar-refractivity contribution in [2.75, 3.05) is 18.5 Å². The summed E-state index contributed by atoms with van der Waals surface area (Å²) in [5.41, 5.74) is 0.838. The number of ether oxygens (including phenoxy) is 1. The third kappa shape index (κ3) is 6.24. The van der Waals surface area contributed by atoms with Crippen LogP contribution in [0.5, 0.6) is 0 Å². The first-order valence-electron chi connectivity index (χ1n) is 5.69. The van der Waals surface area contributed by atoms with E-state index in [0.29, 0.717) is 13.2 Å². The minimum Gasteiger partial charge on any atom is -0.389 e. The second kappa shape index (κ2) is 6.56. The smallest absolute Gasteiger partial charge is 0.0945 e. The number of benzene rings is 1. The van der Waals surface area contributed by atoms with Crippen LogP contribution in [0.3, 0.4) is 0 Å². The lowest BCUT2D eigenvalue weighted by atomic mass is 10.2. The van der Waals surface area contributed by atoms with Crippen molar-refractivity contribution in [3.63, 3.8) is 0 Å². The van der Waals surface area contributed by atoms with E-state index in [1.807, 2.05) is 45.0 Å². The van der Waals surface area contributed by atoms with E-state index in [9.17, 15) is 5.11 Å². The van der Waals surface area contributed by atoms with Gasteiger partial charge in [0.05, 0.1) is 18.3 Å². The van der Waals surface area contributed by atoms with Gasteiger partial charge in [-0.2, -0.15) is 0 Å². The molecule has 0 aliphatic rings. The van der Waals surface area contributed by atoms with Crippen LogP contribution < -0.4 is 5.32 Å². The first-order chi connectivity index (χ1) is 7.88. The fraction of sp³-hybridized carbons (Fsp3) is 0.538. The van der Waals surface area contributed by atoms with Crippen molar-refractivity contribution in [3.8, 4) is 0 Å². The molecule has 17 heavy (non-hydrogen) atoms. The molecule has 0 spiro atoms. The highest BCUT2D eigenvalue weighted by Crippen LogP contribution is 2.16. The molecular weight excluding hydrogens is 329 g/mol. The number of hydrogen-bond acceptors (Lipinski definition) is 3. The monoisotopic (exact) mass is 349 g/mol. The van der Waals surface area contributed by atoms with Crippen LogP contribution in [0, 0.1) is 3.57 Å². The molecular formula is C13H20INO2. The highest BCUT2D eigenvalue weighted by atomic mass is 127. The van der Waals surface area contributed by atoms with Crippen molar-refractivity contribution in [2.45, 2.75) is 32.5 Å². The van der Waals surface area contributed by atoms with Crippen LogP contribution in [0.4, 0.5) is 5.69 Å². The molecule has 0 bridgehead atoms. The topological polar surface area (TPSA) is 41.5 Å². The lowest BCUT2D eigenvalue weighted by Crippen LogP contribution is -2.30. The van der Waals surface area contributed by atoms with Crippen molar-refractivity contribution in [1.82, 2.24) is 0 Å². The zero-order valence-corrected chi connectivity index (χ0v) is 12.7. The lowest BCUT2D eigenvalue weighted by molar-refractivity contribution is -0.0449. The molecule has 1 aromatic rings. The molecule has 0 aromatic heterocycles. The van der Waals surface area contributed by atoms with Crippen LogP contribution in [0.2, 0.25) is 0 Å². The second-order valence-electron chi connectivity index (χ2n) is 4.94. The molecule has 4 heteroatoms. The van der Waals surface area contributed by atoms with Gasteiger partial charge in [-0.1, -0.05) is 12.1 Å². The van der Waals surface area contributed by atoms with E-state index in [0.717, 1.165) is 9.26 Å². The summed E-state index contributed by atoms with van der Waals surface area (Å²) >= 11 is 2.27. The highest BCUT2D eigenvalue weighted by molar-refractivity contribution is 14.1. The van der Waals surface area contributed by atoms with Crippen LogP contribution in [0.1, 0.15) is 20.8 Å². The molecule has 0 heterocycles. The van der Waals surface area contributed by atoms with E-state index in [1.54, 1.807) is 0 Å². The first-order valence-corrected chi connectivity index (χ1v) is 6.77. The summed E-state index contributed by atoms with van der Waals surface area (Å²) in [6.45, 7) is 6.78. The quantitative estimate of drug-likeness (QED) is 0.804. The fourth-order valence-electron chi connectivity index (χ4n) is 1.24. The predicted octanol–water partition coefficient (Wildman–Crippen LogP) is 2.88. The van der Waals surface area contributed by atoms with Crippen LogP contribution in [0.15, 0.2) is 24.3 Å². The predicted molar refractivity (Wildman–Crippen MR) is 79.4 cm³/mol. The first kappa shape index (κ1) is 14.7. The number of rotatable bonds is 5. The van der Waals surface area contributed by atoms with Gasteiger partial charge in [0.1, 0.15) is 0 Å². The van der Waals surface area contributed by atoms with Crippen molar-refractivity contribution in [2.24, 2.45) is 0 Å². The molecule has 0 aliphatic carbocycles. The minimum absolute atomic E-state index is 0.206. The van der Waals surface area contributed by atoms with E-state index >= 15 is 0 Å². The average Bonchev–Trinajstić information content (AvgIpc) is 2.24. The standard InChI is InChI=1S/C13H20INO2/c1-13(2,3)17-9-10(16)8-15-12-7-5-4-6-11(12)14/h4-7,10,15-16H,8-9H2,1-3H3. The maximum Gasteiger partial charge on any atom is 0.0945 e. The molecule has 0 amide bonds. The van der Waals surface area contributed by atoms with E-state index in [-0.39, 0.29) is 5.60 Å². The molecule has 96 valence electrons. The van der Waals surface area contributed by atoms with Crippen LogP contribution in [0.25, 0.3) is 0 Å². The highest BCUT2D eigenvalue weighted by Gasteiger charge is 2.13. The Morgan fingerprint density at radius 1 is 1.35 bits per heavy atom. The summed E-state index contributed by atoms with van der Waals surface area (Å²) in [6.07, 6.45) is -0.495. The number of para-hydroxylation sites is 1. The Morgan fingerprint density at radius 3 is 2.59 bits per heavy atom. The number of aliphatic hydroxyl groups excluding tert-OH is 1. The summed E-state index contributed by atoms with van der Waals surface area (Å²) in [4.78, 5) is 0. The van der Waals surface area contributed by atoms with Crippen molar-refractivity contribution < 1.29 is 9.84 Å². The van der Waals surface area contributed by atoms with E-state index in [2.05, 4.69) is 27.9 Å². The number of nitrogens with one attached hydrogen (secondary N) is 1. The lowest BCUT2D eigenvalue weighted by Gasteiger charge is -2.22. The van der Waals surface area contributed by atoms with Gasteiger partial charge in [0.2, 0.25) is 0 Å². The fourth-order valence-corrected chi connectivity index (χ4v) is 1.82. The number of aliphatic hydroxyl groups is 1. The van der Waals surface area contributed by atoms with Gasteiger partial charge >= 0.3 is 0 Å². The summed E-state index contributed by atoms with van der Waals surface area (Å²) in [6, 6.07) is 7.99. The van der Waals surface area contributed by atoms with E-state index in [1.165, 1.54) is 0 Å². The Hall–Kier alpha value is -0.330. The van der Waals surface area contributed by atoms with Crippen molar-refractivity contribution in [1.29, 1.82) is 0 Å². The van der Waals surface area contributed by atoms with Gasteiger partial charge in [-0.25, -0.2) is 0 Å². The third-order valence-corrected chi connectivity index (χ3v) is 3.05. The Labute approximate surface area is 117 Å². The van der Waals surface area contributed by atoms with E-state index < -0.39 is 6.10 Å². The van der Waals surface area contributed by atoms with Crippen LogP contribution in [-0.4, -0.2) is 30.0 Å². The molecule has 0 saturated heterocycles. The van der Waals surface area contributed by atoms with Gasteiger partial charge in [-0.05, 0) is 55.5 Å². The Balaban J connectivity index is 2.34. The summed E-state index contributed by atoms with van der Waals surface area (Å²) < 4.78 is 6.67. The molecule has 1 rings (SSSR count). The zero-order chi connectivity index (χ0) is 12.9. The second-order valence-corrected chi connectivity index (χ2v) is 6.10. The van der Waals surface area contributed by atoms with Gasteiger partial charge in [-0.3, -0.25) is 0 Å². The molecule has 0 saturated carbocycles. The average molecular weight is 349 g/mol. The molecule has 0 aliphatic heterocycles. The summed E-state index contributed by atoms with van der Waals surface area (Å²) in [5.74, 6) is 0. The van der Waals surface area contributed by atoms with Gasteiger partial charge in [0.15, 0.2) is 0 Å². The third-order valence-electron chi connectivity index (χ3n) is 2.11. The Kier molecular flexibility index (Phi) is 5.69. The van der Waals surface area contributed by atoms with Gasteiger partial charge < -0.3 is 15.2 Å². The van der Waals surface area contributed by atoms with Gasteiger partial charge in [0.25, 0.3) is 0 Å². The molecule has 0 fully saturated rings. The van der Waals surface area contributed by atoms with Gasteiger partial charge in [0, 0.05) is 15.8 Å². The zero-order valence-electron chi connectivity index (χ0n) is 10.5. The van der Waals surface area contributed by atoms with Crippen LogP contribution in [-0.2, 0) is 4.74 Å². The van der Waals surface area contributed by atoms with Crippen molar-refractivity contribution in [3.05, 3.63) is 27.8 Å². The maximum absolute atomic E-state index is 9.77.